The van der Waals surface area contributed by atoms with E-state index in [0.29, 0.717) is 0 Å². The van der Waals surface area contributed by atoms with Crippen molar-refractivity contribution in [1.82, 2.24) is 4.72 Å². The largest absolute Gasteiger partial charge is 0.303 e. The second-order valence-corrected chi connectivity index (χ2v) is 8.04. The smallest absolute Gasteiger partial charge is 0.265 e. The van der Waals surface area contributed by atoms with Crippen LogP contribution in [0, 0.1) is 23.3 Å². The molecule has 0 spiro atoms. The molecule has 1 rings (SSSR count). The molecule has 0 heterocycles. The van der Waals surface area contributed by atoms with Crippen molar-refractivity contribution in [3.05, 3.63) is 45.2 Å². The maximum Gasteiger partial charge on any atom is 0.303 e. The first kappa shape index (κ1) is 21.9. The minimum Gasteiger partial charge on any atom is -0.265 e. The van der Waals surface area contributed by atoms with Crippen molar-refractivity contribution < 1.29 is 38.6 Å². The van der Waals surface area contributed by atoms with Crippen LogP contribution in [0.2, 0.25) is 0 Å². The van der Waals surface area contributed by atoms with E-state index < -0.39 is 67.1 Å². The van der Waals surface area contributed by atoms with Crippen molar-refractivity contribution in [1.29, 1.82) is 0 Å². The third-order valence-electron chi connectivity index (χ3n) is 2.69. The number of benzene rings is 1. The van der Waals surface area contributed by atoms with Crippen molar-refractivity contribution in [3.63, 3.8) is 0 Å². The Morgan fingerprint density at radius 3 is 2.08 bits per heavy atom. The molecule has 0 aliphatic carbocycles. The zero-order chi connectivity index (χ0) is 20.3. The highest BCUT2D eigenvalue weighted by molar-refractivity contribution is 7.93. The molecule has 0 aromatic heterocycles. The van der Waals surface area contributed by atoms with Crippen molar-refractivity contribution in [2.24, 2.45) is 5.11 Å². The highest BCUT2D eigenvalue weighted by Crippen LogP contribution is 2.33. The van der Waals surface area contributed by atoms with Crippen LogP contribution in [0.15, 0.2) is 21.5 Å². The first-order chi connectivity index (χ1) is 11.9. The molecule has 0 saturated heterocycles. The van der Waals surface area contributed by atoms with Crippen LogP contribution in [-0.4, -0.2) is 30.0 Å². The Kier molecular flexibility index (Phi) is 6.73. The fourth-order valence-electron chi connectivity index (χ4n) is 1.46. The average molecular weight is 418 g/mol. The van der Waals surface area contributed by atoms with E-state index in [-0.39, 0.29) is 4.91 Å². The second kappa shape index (κ2) is 8.01. The maximum absolute atomic E-state index is 13.8. The van der Waals surface area contributed by atoms with E-state index in [4.69, 9.17) is 5.53 Å². The summed E-state index contributed by atoms with van der Waals surface area (Å²) in [6.07, 6.45) is 0. The molecule has 0 bridgehead atoms. The molecule has 0 radical (unpaired) electrons. The lowest BCUT2D eigenvalue weighted by molar-refractivity contribution is 0.313. The van der Waals surface area contributed by atoms with E-state index in [0.717, 1.165) is 6.92 Å². The topological polar surface area (TPSA) is 138 Å². The Balaban J connectivity index is 3.15. The summed E-state index contributed by atoms with van der Waals surface area (Å²) < 4.78 is 107. The van der Waals surface area contributed by atoms with E-state index >= 15 is 0 Å². The van der Waals surface area contributed by atoms with Crippen molar-refractivity contribution >= 4 is 25.8 Å². The number of hydrogen-bond acceptors (Lipinski definition) is 6. The van der Waals surface area contributed by atoms with Gasteiger partial charge in [-0.3, -0.25) is 4.18 Å². The molecule has 0 saturated carbocycles. The summed E-state index contributed by atoms with van der Waals surface area (Å²) in [4.78, 5) is -0.428. The van der Waals surface area contributed by atoms with Crippen molar-refractivity contribution in [3.8, 4) is 0 Å². The van der Waals surface area contributed by atoms with Gasteiger partial charge in [0.25, 0.3) is 0 Å². The number of halogens is 4. The molecule has 1 aromatic carbocycles. The van der Waals surface area contributed by atoms with Crippen LogP contribution >= 0.6 is 0 Å². The Morgan fingerprint density at radius 1 is 1.15 bits per heavy atom. The predicted octanol–water partition coefficient (Wildman–Crippen LogP) is 2.34. The monoisotopic (exact) mass is 418 g/mol. The number of allylic oxidation sites excluding steroid dienone is 1. The third-order valence-corrected chi connectivity index (χ3v) is 5.52. The molecule has 15 heteroatoms. The lowest BCUT2D eigenvalue weighted by atomic mass is 10.2. The molecular formula is C11H10F4N4O5S2. The summed E-state index contributed by atoms with van der Waals surface area (Å²) in [7, 11) is -9.31. The zero-order valence-corrected chi connectivity index (χ0v) is 14.5. The van der Waals surface area contributed by atoms with Gasteiger partial charge in [-0.2, -0.15) is 8.42 Å². The summed E-state index contributed by atoms with van der Waals surface area (Å²) in [6, 6.07) is 0. The van der Waals surface area contributed by atoms with Gasteiger partial charge in [0, 0.05) is 16.4 Å². The van der Waals surface area contributed by atoms with Crippen LogP contribution in [0.1, 0.15) is 6.92 Å². The van der Waals surface area contributed by atoms with Crippen LogP contribution in [-0.2, 0) is 24.3 Å². The SMILES string of the molecule is C=C(C)S(=O)(=O)NCCOS(=O)(=O)c1c(F)c(F)c(N=[N+]=[N-])c(F)c1F. The van der Waals surface area contributed by atoms with E-state index in [1.165, 1.54) is 0 Å². The van der Waals surface area contributed by atoms with E-state index in [1.54, 1.807) is 0 Å². The molecule has 1 N–H and O–H groups in total. The number of hydrogen-bond donors (Lipinski definition) is 1. The van der Waals surface area contributed by atoms with Crippen LogP contribution in [0.4, 0.5) is 23.2 Å². The molecule has 0 amide bonds. The molecule has 0 atom stereocenters. The fraction of sp³-hybridized carbons (Fsp3) is 0.273. The summed E-state index contributed by atoms with van der Waals surface area (Å²) >= 11 is 0. The van der Waals surface area contributed by atoms with Crippen LogP contribution in [0.3, 0.4) is 0 Å². The number of sulfonamides is 1. The highest BCUT2D eigenvalue weighted by atomic mass is 32.2. The predicted molar refractivity (Wildman–Crippen MR) is 80.0 cm³/mol. The normalized spacial score (nSPS) is 11.9. The Bertz CT molecular complexity index is 975. The Morgan fingerprint density at radius 2 is 1.65 bits per heavy atom. The zero-order valence-electron chi connectivity index (χ0n) is 12.8. The van der Waals surface area contributed by atoms with Crippen LogP contribution < -0.4 is 4.72 Å². The minimum atomic E-state index is -5.36. The van der Waals surface area contributed by atoms with E-state index in [2.05, 4.69) is 15.9 Å². The molecule has 0 unspecified atom stereocenters. The standard InChI is InChI=1S/C11H10F4N4O5S2/c1-5(2)25(20,21)17-3-4-24-26(22,23)11-8(14)6(12)10(18-19-16)7(13)9(11)15/h17H,1,3-4H2,2H3. The second-order valence-electron chi connectivity index (χ2n) is 4.50. The molecule has 26 heavy (non-hydrogen) atoms. The minimum absolute atomic E-state index is 0.296. The van der Waals surface area contributed by atoms with Gasteiger partial charge >= 0.3 is 10.1 Å². The highest BCUT2D eigenvalue weighted by Gasteiger charge is 2.33. The average Bonchev–Trinajstić information content (AvgIpc) is 2.53. The Hall–Kier alpha value is -2.19. The van der Waals surface area contributed by atoms with Gasteiger partial charge in [0.05, 0.1) is 6.61 Å². The number of nitrogens with one attached hydrogen (secondary N) is 1. The summed E-state index contributed by atoms with van der Waals surface area (Å²) in [5.41, 5.74) is 6.40. The summed E-state index contributed by atoms with van der Waals surface area (Å²) in [5, 5.41) is 2.40. The third kappa shape index (κ3) is 4.50. The molecular weight excluding hydrogens is 408 g/mol. The Labute approximate surface area is 145 Å². The van der Waals surface area contributed by atoms with Gasteiger partial charge in [-0.15, -0.1) is 0 Å². The van der Waals surface area contributed by atoms with Gasteiger partial charge in [-0.25, -0.2) is 30.7 Å². The molecule has 0 aliphatic heterocycles. The first-order valence-corrected chi connectivity index (χ1v) is 9.21. The van der Waals surface area contributed by atoms with Crippen molar-refractivity contribution in [2.75, 3.05) is 13.2 Å². The van der Waals surface area contributed by atoms with Gasteiger partial charge < -0.3 is 0 Å². The van der Waals surface area contributed by atoms with Crippen LogP contribution in [0.25, 0.3) is 10.4 Å². The molecule has 144 valence electrons. The summed E-state index contributed by atoms with van der Waals surface area (Å²) in [5.74, 6) is -9.22. The molecule has 9 nitrogen and oxygen atoms in total. The fourth-order valence-corrected chi connectivity index (χ4v) is 3.10. The van der Waals surface area contributed by atoms with Gasteiger partial charge in [-0.05, 0) is 12.5 Å². The lowest BCUT2D eigenvalue weighted by Gasteiger charge is -2.11. The molecule has 1 aromatic rings. The van der Waals surface area contributed by atoms with E-state index in [9.17, 15) is 34.4 Å². The number of rotatable bonds is 8. The van der Waals surface area contributed by atoms with Crippen molar-refractivity contribution in [2.45, 2.75) is 11.8 Å². The van der Waals surface area contributed by atoms with Gasteiger partial charge in [0.15, 0.2) is 28.2 Å². The molecule has 0 fully saturated rings. The van der Waals surface area contributed by atoms with Gasteiger partial charge in [0.1, 0.15) is 5.69 Å². The van der Waals surface area contributed by atoms with E-state index in [1.807, 2.05) is 9.63 Å². The maximum atomic E-state index is 13.8. The van der Waals surface area contributed by atoms with Gasteiger partial charge in [-0.1, -0.05) is 11.7 Å². The van der Waals surface area contributed by atoms with Crippen LogP contribution in [0.5, 0.6) is 0 Å². The summed E-state index contributed by atoms with van der Waals surface area (Å²) in [6.45, 7) is 2.68. The lowest BCUT2D eigenvalue weighted by Crippen LogP contribution is -2.28. The first-order valence-electron chi connectivity index (χ1n) is 6.32. The molecule has 0 aliphatic rings. The quantitative estimate of drug-likeness (QED) is 0.131. The number of azide groups is 1. The van der Waals surface area contributed by atoms with Gasteiger partial charge in [0.2, 0.25) is 10.0 Å². The number of nitrogens with zero attached hydrogens (tertiary/aromatic N) is 3.